The van der Waals surface area contributed by atoms with Gasteiger partial charge in [0.25, 0.3) is 0 Å². The maximum absolute atomic E-state index is 14.0. The Kier molecular flexibility index (Phi) is 3.72. The fourth-order valence-corrected chi connectivity index (χ4v) is 2.44. The molecule has 0 saturated heterocycles. The van der Waals surface area contributed by atoms with Gasteiger partial charge in [0.2, 0.25) is 0 Å². The third-order valence-electron chi connectivity index (χ3n) is 3.36. The number of benzene rings is 2. The van der Waals surface area contributed by atoms with Crippen LogP contribution in [0.5, 0.6) is 11.5 Å². The molecule has 1 aliphatic heterocycles. The third-order valence-corrected chi connectivity index (χ3v) is 3.36. The maximum atomic E-state index is 14.0. The van der Waals surface area contributed by atoms with Crippen molar-refractivity contribution in [3.8, 4) is 11.5 Å². The molecule has 0 radical (unpaired) electrons. The summed E-state index contributed by atoms with van der Waals surface area (Å²) in [5, 5.41) is 0. The Morgan fingerprint density at radius 1 is 1.00 bits per heavy atom. The number of halogens is 2. The first-order valence-corrected chi connectivity index (χ1v) is 6.51. The zero-order valence-electron chi connectivity index (χ0n) is 11.1. The van der Waals surface area contributed by atoms with Gasteiger partial charge in [0.1, 0.15) is 24.8 Å². The van der Waals surface area contributed by atoms with Crippen LogP contribution in [0.15, 0.2) is 36.4 Å². The second-order valence-electron chi connectivity index (χ2n) is 4.61. The summed E-state index contributed by atoms with van der Waals surface area (Å²) < 4.78 is 39.0. The minimum absolute atomic E-state index is 0.150. The molecule has 0 amide bonds. The predicted molar refractivity (Wildman–Crippen MR) is 73.0 cm³/mol. The minimum Gasteiger partial charge on any atom is -0.486 e. The van der Waals surface area contributed by atoms with E-state index in [4.69, 9.17) is 15.3 Å². The van der Waals surface area contributed by atoms with Gasteiger partial charge in [-0.2, -0.15) is 0 Å². The Balaban J connectivity index is 2.13. The predicted octanol–water partition coefficient (Wildman–Crippen LogP) is 2.29. The highest BCUT2D eigenvalue weighted by Crippen LogP contribution is 2.39. The summed E-state index contributed by atoms with van der Waals surface area (Å²) in [6.45, 7) is 0.812. The van der Waals surface area contributed by atoms with Crippen LogP contribution in [0, 0.1) is 11.6 Å². The van der Waals surface area contributed by atoms with Gasteiger partial charge >= 0.3 is 0 Å². The van der Waals surface area contributed by atoms with Gasteiger partial charge in [0, 0.05) is 11.1 Å². The quantitative estimate of drug-likeness (QED) is 0.673. The lowest BCUT2D eigenvalue weighted by atomic mass is 9.97. The third kappa shape index (κ3) is 2.43. The van der Waals surface area contributed by atoms with Crippen molar-refractivity contribution in [1.29, 1.82) is 0 Å². The van der Waals surface area contributed by atoms with Gasteiger partial charge in [-0.05, 0) is 18.2 Å². The van der Waals surface area contributed by atoms with Gasteiger partial charge in [-0.1, -0.05) is 18.2 Å². The number of hydrazine groups is 1. The fraction of sp³-hybridized carbons (Fsp3) is 0.200. The van der Waals surface area contributed by atoms with Crippen LogP contribution in [0.25, 0.3) is 0 Å². The van der Waals surface area contributed by atoms with Crippen LogP contribution in [0.4, 0.5) is 8.78 Å². The molecule has 2 aromatic carbocycles. The van der Waals surface area contributed by atoms with Crippen molar-refractivity contribution in [2.75, 3.05) is 13.2 Å². The van der Waals surface area contributed by atoms with Gasteiger partial charge < -0.3 is 9.47 Å². The van der Waals surface area contributed by atoms with Gasteiger partial charge in [-0.15, -0.1) is 0 Å². The van der Waals surface area contributed by atoms with E-state index in [1.54, 1.807) is 18.2 Å². The molecule has 21 heavy (non-hydrogen) atoms. The Morgan fingerprint density at radius 2 is 1.67 bits per heavy atom. The molecule has 1 heterocycles. The highest BCUT2D eigenvalue weighted by atomic mass is 19.1. The smallest absolute Gasteiger partial charge is 0.166 e. The van der Waals surface area contributed by atoms with Crippen molar-refractivity contribution in [3.05, 3.63) is 59.2 Å². The van der Waals surface area contributed by atoms with Crippen LogP contribution in [0.1, 0.15) is 17.2 Å². The molecule has 4 nitrogen and oxygen atoms in total. The van der Waals surface area contributed by atoms with Crippen LogP contribution >= 0.6 is 0 Å². The molecule has 1 unspecified atom stereocenters. The molecule has 1 atom stereocenters. The van der Waals surface area contributed by atoms with E-state index < -0.39 is 17.7 Å². The molecular formula is C15H14F2N2O2. The van der Waals surface area contributed by atoms with E-state index >= 15 is 0 Å². The van der Waals surface area contributed by atoms with E-state index in [2.05, 4.69) is 5.43 Å². The second-order valence-corrected chi connectivity index (χ2v) is 4.61. The lowest BCUT2D eigenvalue weighted by Crippen LogP contribution is -2.31. The van der Waals surface area contributed by atoms with Gasteiger partial charge in [0.15, 0.2) is 11.5 Å². The molecule has 0 spiro atoms. The van der Waals surface area contributed by atoms with Gasteiger partial charge in [-0.25, -0.2) is 14.2 Å². The zero-order chi connectivity index (χ0) is 14.8. The van der Waals surface area contributed by atoms with E-state index in [-0.39, 0.29) is 5.56 Å². The van der Waals surface area contributed by atoms with Crippen molar-refractivity contribution in [2.24, 2.45) is 5.84 Å². The number of hydrogen-bond acceptors (Lipinski definition) is 4. The summed E-state index contributed by atoms with van der Waals surface area (Å²) in [5.41, 5.74) is 2.83. The molecule has 3 N–H and O–H groups in total. The van der Waals surface area contributed by atoms with Crippen LogP contribution < -0.4 is 20.7 Å². The molecule has 1 aliphatic rings. The number of para-hydroxylation sites is 1. The Hall–Kier alpha value is -2.18. The lowest BCUT2D eigenvalue weighted by molar-refractivity contribution is 0.169. The topological polar surface area (TPSA) is 56.5 Å². The van der Waals surface area contributed by atoms with Crippen LogP contribution in [0.2, 0.25) is 0 Å². The summed E-state index contributed by atoms with van der Waals surface area (Å²) >= 11 is 0. The number of nitrogens with two attached hydrogens (primary N) is 1. The average molecular weight is 292 g/mol. The number of hydrogen-bond donors (Lipinski definition) is 2. The van der Waals surface area contributed by atoms with Crippen LogP contribution in [0.3, 0.4) is 0 Å². The molecule has 2 aromatic rings. The molecule has 0 fully saturated rings. The largest absolute Gasteiger partial charge is 0.486 e. The number of rotatable bonds is 3. The highest BCUT2D eigenvalue weighted by Gasteiger charge is 2.26. The van der Waals surface area contributed by atoms with E-state index in [1.807, 2.05) is 0 Å². The average Bonchev–Trinajstić information content (AvgIpc) is 2.51. The number of fused-ring (bicyclic) bond motifs is 1. The van der Waals surface area contributed by atoms with Gasteiger partial charge in [0.05, 0.1) is 6.04 Å². The highest BCUT2D eigenvalue weighted by molar-refractivity contribution is 5.51. The first kappa shape index (κ1) is 13.8. The standard InChI is InChI=1S/C15H14F2N2O2/c16-10-4-2-5-11(17)13(10)14(19-18)9-3-1-6-12-15(9)21-8-7-20-12/h1-6,14,19H,7-8,18H2. The summed E-state index contributed by atoms with van der Waals surface area (Å²) in [7, 11) is 0. The molecular weight excluding hydrogens is 278 g/mol. The normalized spacial score (nSPS) is 14.8. The van der Waals surface area contributed by atoms with Crippen LogP contribution in [-0.4, -0.2) is 13.2 Å². The van der Waals surface area contributed by atoms with Crippen molar-refractivity contribution < 1.29 is 18.3 Å². The molecule has 110 valence electrons. The van der Waals surface area contributed by atoms with Gasteiger partial charge in [-0.3, -0.25) is 5.84 Å². The summed E-state index contributed by atoms with van der Waals surface area (Å²) in [4.78, 5) is 0. The molecule has 0 saturated carbocycles. The maximum Gasteiger partial charge on any atom is 0.166 e. The summed E-state index contributed by atoms with van der Waals surface area (Å²) in [6, 6.07) is 7.98. The SMILES string of the molecule is NNC(c1cccc2c1OCCO2)c1c(F)cccc1F. The Bertz CT molecular complexity index is 644. The van der Waals surface area contributed by atoms with E-state index in [0.29, 0.717) is 30.3 Å². The van der Waals surface area contributed by atoms with Crippen LogP contribution in [-0.2, 0) is 0 Å². The molecule has 0 bridgehead atoms. The van der Waals surface area contributed by atoms with Crippen molar-refractivity contribution >= 4 is 0 Å². The summed E-state index contributed by atoms with van der Waals surface area (Å²) in [5.74, 6) is 5.17. The molecule has 3 rings (SSSR count). The first-order valence-electron chi connectivity index (χ1n) is 6.51. The van der Waals surface area contributed by atoms with E-state index in [0.717, 1.165) is 0 Å². The number of nitrogens with one attached hydrogen (secondary N) is 1. The lowest BCUT2D eigenvalue weighted by Gasteiger charge is -2.25. The fourth-order valence-electron chi connectivity index (χ4n) is 2.44. The van der Waals surface area contributed by atoms with E-state index in [1.165, 1.54) is 18.2 Å². The molecule has 0 aliphatic carbocycles. The minimum atomic E-state index is -0.872. The molecule has 0 aromatic heterocycles. The second kappa shape index (κ2) is 5.67. The Morgan fingerprint density at radius 3 is 2.38 bits per heavy atom. The monoisotopic (exact) mass is 292 g/mol. The number of ether oxygens (including phenoxy) is 2. The summed E-state index contributed by atoms with van der Waals surface area (Å²) in [6.07, 6.45) is 0. The van der Waals surface area contributed by atoms with E-state index in [9.17, 15) is 8.78 Å². The van der Waals surface area contributed by atoms with Crippen molar-refractivity contribution in [3.63, 3.8) is 0 Å². The van der Waals surface area contributed by atoms with Crippen molar-refractivity contribution in [1.82, 2.24) is 5.43 Å². The van der Waals surface area contributed by atoms with Crippen molar-refractivity contribution in [2.45, 2.75) is 6.04 Å². The first-order chi connectivity index (χ1) is 10.2. The Labute approximate surface area is 120 Å². The molecule has 6 heteroatoms. The zero-order valence-corrected chi connectivity index (χ0v) is 11.1.